The Bertz CT molecular complexity index is 520. The van der Waals surface area contributed by atoms with Crippen LogP contribution in [-0.2, 0) is 0 Å². The molecule has 0 amide bonds. The number of rotatable bonds is 2. The molecule has 0 radical (unpaired) electrons. The summed E-state index contributed by atoms with van der Waals surface area (Å²) in [4.78, 5) is 10.9. The van der Waals surface area contributed by atoms with Crippen molar-refractivity contribution < 1.29 is 9.53 Å². The number of carbonyl (C=O) groups excluding carboxylic acids is 1. The first kappa shape index (κ1) is 10.4. The van der Waals surface area contributed by atoms with Crippen LogP contribution < -0.4 is 4.74 Å². The molecule has 0 aromatic heterocycles. The van der Waals surface area contributed by atoms with E-state index in [2.05, 4.69) is 22.6 Å². The van der Waals surface area contributed by atoms with Gasteiger partial charge in [-0.05, 0) is 34.0 Å². The first-order valence-corrected chi connectivity index (χ1v) is 5.56. The second kappa shape index (κ2) is 4.18. The Morgan fingerprint density at radius 3 is 2.53 bits per heavy atom. The Labute approximate surface area is 101 Å². The summed E-state index contributed by atoms with van der Waals surface area (Å²) in [5.74, 6) is 0.830. The third-order valence-corrected chi connectivity index (χ3v) is 3.11. The smallest absolute Gasteiger partial charge is 0.150 e. The van der Waals surface area contributed by atoms with Gasteiger partial charge < -0.3 is 4.74 Å². The first-order chi connectivity index (χ1) is 7.27. The number of aldehydes is 1. The van der Waals surface area contributed by atoms with E-state index in [0.717, 1.165) is 26.4 Å². The molecule has 15 heavy (non-hydrogen) atoms. The van der Waals surface area contributed by atoms with Gasteiger partial charge in [0, 0.05) is 10.9 Å². The van der Waals surface area contributed by atoms with E-state index in [1.54, 1.807) is 7.11 Å². The highest BCUT2D eigenvalue weighted by atomic mass is 127. The molecule has 0 aliphatic carbocycles. The van der Waals surface area contributed by atoms with Crippen molar-refractivity contribution in [3.8, 4) is 5.75 Å². The third kappa shape index (κ3) is 1.71. The van der Waals surface area contributed by atoms with Gasteiger partial charge in [-0.25, -0.2) is 0 Å². The summed E-state index contributed by atoms with van der Waals surface area (Å²) in [6.07, 6.45) is 0.879. The standard InChI is InChI=1S/C12H9IO2/c1-15-12-10-5-3-2-4-9(10)8(7-14)6-11(12)13/h2-7H,1H3. The number of fused-ring (bicyclic) bond motifs is 1. The van der Waals surface area contributed by atoms with Crippen molar-refractivity contribution in [2.45, 2.75) is 0 Å². The van der Waals surface area contributed by atoms with E-state index in [4.69, 9.17) is 4.74 Å². The van der Waals surface area contributed by atoms with Gasteiger partial charge in [-0.2, -0.15) is 0 Å². The number of halogens is 1. The lowest BCUT2D eigenvalue weighted by Gasteiger charge is -2.09. The van der Waals surface area contributed by atoms with E-state index in [-0.39, 0.29) is 0 Å². The van der Waals surface area contributed by atoms with E-state index >= 15 is 0 Å². The second-order valence-corrected chi connectivity index (χ2v) is 4.31. The maximum Gasteiger partial charge on any atom is 0.150 e. The second-order valence-electron chi connectivity index (χ2n) is 3.14. The van der Waals surface area contributed by atoms with Crippen LogP contribution in [0, 0.1) is 3.57 Å². The highest BCUT2D eigenvalue weighted by Crippen LogP contribution is 2.32. The normalized spacial score (nSPS) is 10.3. The molecule has 3 heteroatoms. The van der Waals surface area contributed by atoms with Gasteiger partial charge in [-0.1, -0.05) is 24.3 Å². The van der Waals surface area contributed by atoms with Gasteiger partial charge in [0.05, 0.1) is 10.7 Å². The highest BCUT2D eigenvalue weighted by Gasteiger charge is 2.09. The zero-order valence-electron chi connectivity index (χ0n) is 8.16. The Morgan fingerprint density at radius 2 is 1.93 bits per heavy atom. The Morgan fingerprint density at radius 1 is 1.27 bits per heavy atom. The lowest BCUT2D eigenvalue weighted by Crippen LogP contribution is -1.92. The quantitative estimate of drug-likeness (QED) is 0.628. The summed E-state index contributed by atoms with van der Waals surface area (Å²) in [6.45, 7) is 0. The van der Waals surface area contributed by atoms with Crippen LogP contribution in [0.25, 0.3) is 10.8 Å². The van der Waals surface area contributed by atoms with Gasteiger partial charge in [0.2, 0.25) is 0 Å². The SMILES string of the molecule is COc1c(I)cc(C=O)c2ccccc12. The number of hydrogen-bond acceptors (Lipinski definition) is 2. The number of benzene rings is 2. The molecule has 0 N–H and O–H groups in total. The zero-order chi connectivity index (χ0) is 10.8. The van der Waals surface area contributed by atoms with Crippen LogP contribution in [-0.4, -0.2) is 13.4 Å². The summed E-state index contributed by atoms with van der Waals surface area (Å²) in [7, 11) is 1.64. The summed E-state index contributed by atoms with van der Waals surface area (Å²) in [5, 5.41) is 1.92. The molecule has 0 aliphatic rings. The fourth-order valence-corrected chi connectivity index (χ4v) is 2.49. The van der Waals surface area contributed by atoms with Gasteiger partial charge in [0.25, 0.3) is 0 Å². The van der Waals surface area contributed by atoms with Crippen LogP contribution in [0.4, 0.5) is 0 Å². The van der Waals surface area contributed by atoms with Gasteiger partial charge >= 0.3 is 0 Å². The predicted octanol–water partition coefficient (Wildman–Crippen LogP) is 3.27. The maximum atomic E-state index is 10.9. The fraction of sp³-hybridized carbons (Fsp3) is 0.0833. The molecule has 0 saturated heterocycles. The predicted molar refractivity (Wildman–Crippen MR) is 68.6 cm³/mol. The summed E-state index contributed by atoms with van der Waals surface area (Å²) < 4.78 is 6.29. The third-order valence-electron chi connectivity index (χ3n) is 2.31. The van der Waals surface area contributed by atoms with Crippen molar-refractivity contribution in [1.82, 2.24) is 0 Å². The lowest BCUT2D eigenvalue weighted by atomic mass is 10.0. The van der Waals surface area contributed by atoms with E-state index in [1.807, 2.05) is 30.3 Å². The van der Waals surface area contributed by atoms with Crippen molar-refractivity contribution in [3.63, 3.8) is 0 Å². The average Bonchev–Trinajstić information content (AvgIpc) is 2.28. The molecule has 0 saturated carbocycles. The molecule has 0 atom stereocenters. The van der Waals surface area contributed by atoms with Gasteiger partial charge in [0.1, 0.15) is 5.75 Å². The largest absolute Gasteiger partial charge is 0.495 e. The molecule has 76 valence electrons. The molecular formula is C12H9IO2. The Balaban J connectivity index is 2.92. The summed E-state index contributed by atoms with van der Waals surface area (Å²) in [6, 6.07) is 9.59. The molecule has 0 spiro atoms. The van der Waals surface area contributed by atoms with Crippen LogP contribution in [0.15, 0.2) is 30.3 Å². The van der Waals surface area contributed by atoms with E-state index < -0.39 is 0 Å². The molecule has 0 aliphatic heterocycles. The van der Waals surface area contributed by atoms with Crippen LogP contribution in [0.1, 0.15) is 10.4 Å². The maximum absolute atomic E-state index is 10.9. The zero-order valence-corrected chi connectivity index (χ0v) is 10.3. The molecule has 2 aromatic rings. The Hall–Kier alpha value is -1.10. The van der Waals surface area contributed by atoms with E-state index in [0.29, 0.717) is 5.56 Å². The monoisotopic (exact) mass is 312 g/mol. The van der Waals surface area contributed by atoms with Crippen molar-refractivity contribution in [1.29, 1.82) is 0 Å². The van der Waals surface area contributed by atoms with Crippen LogP contribution >= 0.6 is 22.6 Å². The molecule has 0 heterocycles. The Kier molecular flexibility index (Phi) is 2.90. The molecular weight excluding hydrogens is 303 g/mol. The minimum atomic E-state index is 0.704. The van der Waals surface area contributed by atoms with Crippen LogP contribution in [0.2, 0.25) is 0 Å². The van der Waals surface area contributed by atoms with Gasteiger partial charge in [-0.15, -0.1) is 0 Å². The summed E-state index contributed by atoms with van der Waals surface area (Å²) >= 11 is 2.17. The van der Waals surface area contributed by atoms with E-state index in [1.165, 1.54) is 0 Å². The molecule has 2 rings (SSSR count). The van der Waals surface area contributed by atoms with Gasteiger partial charge in [-0.3, -0.25) is 4.79 Å². The lowest BCUT2D eigenvalue weighted by molar-refractivity contribution is 0.112. The number of carbonyl (C=O) groups is 1. The van der Waals surface area contributed by atoms with Crippen LogP contribution in [0.3, 0.4) is 0 Å². The fourth-order valence-electron chi connectivity index (χ4n) is 1.65. The molecule has 0 bridgehead atoms. The number of hydrogen-bond donors (Lipinski definition) is 0. The van der Waals surface area contributed by atoms with Crippen LogP contribution in [0.5, 0.6) is 5.75 Å². The van der Waals surface area contributed by atoms with Crippen molar-refractivity contribution in [3.05, 3.63) is 39.5 Å². The molecule has 2 aromatic carbocycles. The molecule has 0 fully saturated rings. The highest BCUT2D eigenvalue weighted by molar-refractivity contribution is 14.1. The minimum Gasteiger partial charge on any atom is -0.495 e. The molecule has 0 unspecified atom stereocenters. The van der Waals surface area contributed by atoms with Crippen molar-refractivity contribution in [2.24, 2.45) is 0 Å². The minimum absolute atomic E-state index is 0.704. The topological polar surface area (TPSA) is 26.3 Å². The van der Waals surface area contributed by atoms with Gasteiger partial charge in [0.15, 0.2) is 6.29 Å². The van der Waals surface area contributed by atoms with E-state index in [9.17, 15) is 4.79 Å². The number of ether oxygens (including phenoxy) is 1. The van der Waals surface area contributed by atoms with Crippen molar-refractivity contribution >= 4 is 39.6 Å². The molecule has 2 nitrogen and oxygen atoms in total. The first-order valence-electron chi connectivity index (χ1n) is 4.48. The average molecular weight is 312 g/mol. The van der Waals surface area contributed by atoms with Crippen molar-refractivity contribution in [2.75, 3.05) is 7.11 Å². The number of methoxy groups -OCH3 is 1. The summed E-state index contributed by atoms with van der Waals surface area (Å²) in [5.41, 5.74) is 0.704.